The van der Waals surface area contributed by atoms with Gasteiger partial charge in [0.1, 0.15) is 5.69 Å². The molecule has 2 aromatic rings. The lowest BCUT2D eigenvalue weighted by molar-refractivity contribution is 0.101. The lowest BCUT2D eigenvalue weighted by atomic mass is 10.3. The van der Waals surface area contributed by atoms with Crippen LogP contribution < -0.4 is 0 Å². The Hall–Kier alpha value is -1.55. The molecular weight excluding hydrogens is 232 g/mol. The number of hydrogen-bond acceptors (Lipinski definition) is 3. The van der Waals surface area contributed by atoms with E-state index in [2.05, 4.69) is 5.10 Å². The molecule has 0 aliphatic heterocycles. The topological polar surface area (TPSA) is 34.9 Å². The first kappa shape index (κ1) is 11.9. The second-order valence-corrected chi connectivity index (χ2v) is 4.87. The van der Waals surface area contributed by atoms with E-state index in [1.165, 1.54) is 0 Å². The van der Waals surface area contributed by atoms with E-state index in [0.717, 1.165) is 10.6 Å². The summed E-state index contributed by atoms with van der Waals surface area (Å²) in [7, 11) is 1.80. The van der Waals surface area contributed by atoms with Gasteiger partial charge in [-0.05, 0) is 25.1 Å². The predicted molar refractivity (Wildman–Crippen MR) is 69.4 cm³/mol. The molecule has 2 rings (SSSR count). The van der Waals surface area contributed by atoms with Crippen LogP contribution in [-0.2, 0) is 7.05 Å². The van der Waals surface area contributed by atoms with Gasteiger partial charge >= 0.3 is 0 Å². The fourth-order valence-electron chi connectivity index (χ4n) is 1.61. The second-order valence-electron chi connectivity index (χ2n) is 3.82. The first-order valence-electron chi connectivity index (χ1n) is 5.38. The molecular formula is C13H14N2OS. The molecule has 0 unspecified atom stereocenters. The summed E-state index contributed by atoms with van der Waals surface area (Å²) >= 11 is 1.55. The van der Waals surface area contributed by atoms with Crippen molar-refractivity contribution in [2.24, 2.45) is 7.05 Å². The lowest BCUT2D eigenvalue weighted by Crippen LogP contribution is -2.08. The Bertz CT molecular complexity index is 519. The fourth-order valence-corrected chi connectivity index (χ4v) is 2.41. The number of hydrogen-bond donors (Lipinski definition) is 0. The first-order valence-corrected chi connectivity index (χ1v) is 6.37. The number of Topliss-reactive ketones (excluding diaryl/α,β-unsaturated/α-hetero) is 1. The molecule has 0 saturated carbocycles. The smallest absolute Gasteiger partial charge is 0.191 e. The summed E-state index contributed by atoms with van der Waals surface area (Å²) in [5.41, 5.74) is 1.55. The van der Waals surface area contributed by atoms with Crippen molar-refractivity contribution < 1.29 is 4.79 Å². The Kier molecular flexibility index (Phi) is 3.64. The molecule has 3 nitrogen and oxygen atoms in total. The standard InChI is InChI=1S/C13H14N2OS/c1-10-8-12(15(2)14-10)13(16)9-17-11-6-4-3-5-7-11/h3-8H,9H2,1-2H3. The number of nitrogens with zero attached hydrogens (tertiary/aromatic N) is 2. The zero-order valence-electron chi connectivity index (χ0n) is 9.88. The predicted octanol–water partition coefficient (Wildman–Crippen LogP) is 2.70. The summed E-state index contributed by atoms with van der Waals surface area (Å²) < 4.78 is 1.64. The van der Waals surface area contributed by atoms with Crippen LogP contribution in [0.15, 0.2) is 41.3 Å². The summed E-state index contributed by atoms with van der Waals surface area (Å²) in [4.78, 5) is 13.1. The van der Waals surface area contributed by atoms with Crippen molar-refractivity contribution in [1.82, 2.24) is 9.78 Å². The number of aryl methyl sites for hydroxylation is 2. The van der Waals surface area contributed by atoms with E-state index in [4.69, 9.17) is 0 Å². The summed E-state index contributed by atoms with van der Waals surface area (Å²) in [6.07, 6.45) is 0. The van der Waals surface area contributed by atoms with Gasteiger partial charge in [-0.1, -0.05) is 18.2 Å². The number of aromatic nitrogens is 2. The van der Waals surface area contributed by atoms with Crippen molar-refractivity contribution in [3.05, 3.63) is 47.8 Å². The summed E-state index contributed by atoms with van der Waals surface area (Å²) in [6.45, 7) is 1.89. The highest BCUT2D eigenvalue weighted by Crippen LogP contribution is 2.18. The number of carbonyl (C=O) groups is 1. The molecule has 1 aromatic heterocycles. The van der Waals surface area contributed by atoms with E-state index in [1.807, 2.05) is 43.3 Å². The number of ketones is 1. The molecule has 0 aliphatic rings. The maximum absolute atomic E-state index is 12.0. The van der Waals surface area contributed by atoms with Crippen molar-refractivity contribution in [1.29, 1.82) is 0 Å². The number of benzene rings is 1. The molecule has 17 heavy (non-hydrogen) atoms. The maximum atomic E-state index is 12.0. The molecule has 4 heteroatoms. The van der Waals surface area contributed by atoms with Crippen molar-refractivity contribution in [2.75, 3.05) is 5.75 Å². The Morgan fingerprint density at radius 1 is 1.35 bits per heavy atom. The highest BCUT2D eigenvalue weighted by Gasteiger charge is 2.11. The van der Waals surface area contributed by atoms with Gasteiger partial charge < -0.3 is 0 Å². The van der Waals surface area contributed by atoms with Gasteiger partial charge in [0.2, 0.25) is 0 Å². The van der Waals surface area contributed by atoms with Gasteiger partial charge in [-0.2, -0.15) is 5.10 Å². The van der Waals surface area contributed by atoms with E-state index >= 15 is 0 Å². The molecule has 1 heterocycles. The highest BCUT2D eigenvalue weighted by atomic mass is 32.2. The third kappa shape index (κ3) is 2.97. The summed E-state index contributed by atoms with van der Waals surface area (Å²) in [5, 5.41) is 4.17. The van der Waals surface area contributed by atoms with Gasteiger partial charge in [-0.3, -0.25) is 9.48 Å². The van der Waals surface area contributed by atoms with Gasteiger partial charge in [0.05, 0.1) is 11.4 Å². The van der Waals surface area contributed by atoms with Crippen molar-refractivity contribution in [3.8, 4) is 0 Å². The maximum Gasteiger partial charge on any atom is 0.191 e. The molecule has 0 fully saturated rings. The van der Waals surface area contributed by atoms with Crippen LogP contribution in [0.4, 0.5) is 0 Å². The van der Waals surface area contributed by atoms with Crippen molar-refractivity contribution in [2.45, 2.75) is 11.8 Å². The van der Waals surface area contributed by atoms with Crippen LogP contribution >= 0.6 is 11.8 Å². The summed E-state index contributed by atoms with van der Waals surface area (Å²) in [6, 6.07) is 11.8. The molecule has 0 spiro atoms. The second kappa shape index (κ2) is 5.19. The number of carbonyl (C=O) groups excluding carboxylic acids is 1. The fraction of sp³-hybridized carbons (Fsp3) is 0.231. The van der Waals surface area contributed by atoms with E-state index in [0.29, 0.717) is 11.4 Å². The van der Waals surface area contributed by atoms with E-state index < -0.39 is 0 Å². The molecule has 0 aliphatic carbocycles. The molecule has 0 saturated heterocycles. The van der Waals surface area contributed by atoms with Crippen LogP contribution in [0.1, 0.15) is 16.2 Å². The SMILES string of the molecule is Cc1cc(C(=O)CSc2ccccc2)n(C)n1. The van der Waals surface area contributed by atoms with Crippen molar-refractivity contribution in [3.63, 3.8) is 0 Å². The van der Waals surface area contributed by atoms with E-state index in [1.54, 1.807) is 23.5 Å². The van der Waals surface area contributed by atoms with Crippen molar-refractivity contribution >= 4 is 17.5 Å². The minimum atomic E-state index is 0.113. The third-order valence-corrected chi connectivity index (χ3v) is 3.41. The van der Waals surface area contributed by atoms with Gasteiger partial charge in [0.15, 0.2) is 5.78 Å². The van der Waals surface area contributed by atoms with Gasteiger partial charge in [-0.25, -0.2) is 0 Å². The minimum absolute atomic E-state index is 0.113. The van der Waals surface area contributed by atoms with Crippen LogP contribution in [0, 0.1) is 6.92 Å². The number of rotatable bonds is 4. The van der Waals surface area contributed by atoms with Crippen LogP contribution in [-0.4, -0.2) is 21.3 Å². The third-order valence-electron chi connectivity index (χ3n) is 2.40. The highest BCUT2D eigenvalue weighted by molar-refractivity contribution is 8.00. The zero-order chi connectivity index (χ0) is 12.3. The Labute approximate surface area is 105 Å². The molecule has 0 radical (unpaired) electrons. The quantitative estimate of drug-likeness (QED) is 0.614. The molecule has 0 bridgehead atoms. The minimum Gasteiger partial charge on any atom is -0.292 e. The van der Waals surface area contributed by atoms with Crippen LogP contribution in [0.5, 0.6) is 0 Å². The van der Waals surface area contributed by atoms with Gasteiger partial charge in [0, 0.05) is 11.9 Å². The normalized spacial score (nSPS) is 10.5. The van der Waals surface area contributed by atoms with Gasteiger partial charge in [-0.15, -0.1) is 11.8 Å². The molecule has 0 atom stereocenters. The van der Waals surface area contributed by atoms with E-state index in [9.17, 15) is 4.79 Å². The summed E-state index contributed by atoms with van der Waals surface area (Å²) in [5.74, 6) is 0.560. The molecule has 1 aromatic carbocycles. The van der Waals surface area contributed by atoms with E-state index in [-0.39, 0.29) is 5.78 Å². The average Bonchev–Trinajstić information content (AvgIpc) is 2.67. The van der Waals surface area contributed by atoms with Crippen LogP contribution in [0.25, 0.3) is 0 Å². The number of thioether (sulfide) groups is 1. The zero-order valence-corrected chi connectivity index (χ0v) is 10.7. The Morgan fingerprint density at radius 3 is 2.65 bits per heavy atom. The average molecular weight is 246 g/mol. The van der Waals surface area contributed by atoms with Crippen LogP contribution in [0.2, 0.25) is 0 Å². The monoisotopic (exact) mass is 246 g/mol. The lowest BCUT2D eigenvalue weighted by Gasteiger charge is -2.01. The van der Waals surface area contributed by atoms with Crippen LogP contribution in [0.3, 0.4) is 0 Å². The Balaban J connectivity index is 2.01. The van der Waals surface area contributed by atoms with Gasteiger partial charge in [0.25, 0.3) is 0 Å². The molecule has 0 amide bonds. The molecule has 88 valence electrons. The first-order chi connectivity index (χ1) is 8.16. The Morgan fingerprint density at radius 2 is 2.06 bits per heavy atom. The largest absolute Gasteiger partial charge is 0.292 e. The molecule has 0 N–H and O–H groups in total.